The van der Waals surface area contributed by atoms with Crippen LogP contribution < -0.4 is 0 Å². The quantitative estimate of drug-likeness (QED) is 0.0718. The fraction of sp³-hybridized carbons (Fsp3) is 0.143. The van der Waals surface area contributed by atoms with E-state index in [4.69, 9.17) is 5.11 Å². The van der Waals surface area contributed by atoms with Crippen LogP contribution in [-0.2, 0) is 22.4 Å². The molecule has 108 heavy (non-hydrogen) atoms. The number of aliphatic hydroxyl groups is 4. The van der Waals surface area contributed by atoms with Crippen LogP contribution in [0.2, 0.25) is 0 Å². The predicted molar refractivity (Wildman–Crippen MR) is 392 cm³/mol. The Balaban J connectivity index is 0.000000229. The molecule has 2 unspecified atom stereocenters. The Kier molecular flexibility index (Phi) is 28.7. The molecule has 0 heterocycles. The largest absolute Gasteiger partial charge is 0.508 e. The van der Waals surface area contributed by atoms with E-state index in [1.165, 1.54) is 69.1 Å². The zero-order chi connectivity index (χ0) is 81.2. The summed E-state index contributed by atoms with van der Waals surface area (Å²) in [4.78, 5) is 0. The van der Waals surface area contributed by atoms with Crippen LogP contribution in [0.25, 0.3) is 85.6 Å². The van der Waals surface area contributed by atoms with Gasteiger partial charge < -0.3 is 30.6 Å². The molecule has 0 bridgehead atoms. The summed E-state index contributed by atoms with van der Waals surface area (Å²) in [5, 5.41) is 65.3. The van der Waals surface area contributed by atoms with Crippen molar-refractivity contribution in [1.29, 1.82) is 0 Å². The van der Waals surface area contributed by atoms with E-state index in [1.807, 2.05) is 72.8 Å². The Morgan fingerprint density at radius 2 is 0.602 bits per heavy atom. The molecule has 6 nitrogen and oxygen atoms in total. The first-order valence-electron chi connectivity index (χ1n) is 31.6. The van der Waals surface area contributed by atoms with Crippen molar-refractivity contribution >= 4 is 85.6 Å². The second-order valence-corrected chi connectivity index (χ2v) is 23.8. The SMILES string of the molecule is C=Cc1cc(C(C)(O)C(F)(F)F)cc(C(O)(C(F)(F)F)C(F)(F)F)c1.C=Cc1ccc(C(C)(O)C(F)(F)F)cc1.C=Cc1ccc2cc(O)ccc2c1.C=Cc1ccc2ccccc2c1.C=Cc1cccc(C(O)(C(F)(F)F)C(F)(F)F)c1.C=Cc1cccc2c(O)cccc12.C=Cc1cccc2ccccc12. The van der Waals surface area contributed by atoms with Crippen molar-refractivity contribution in [1.82, 2.24) is 0 Å². The molecule has 0 aliphatic heterocycles. The second-order valence-electron chi connectivity index (χ2n) is 23.8. The summed E-state index contributed by atoms with van der Waals surface area (Å²) in [6.45, 7) is 25.6. The lowest BCUT2D eigenvalue weighted by atomic mass is 9.85. The van der Waals surface area contributed by atoms with E-state index in [1.54, 1.807) is 24.3 Å². The smallest absolute Gasteiger partial charge is 0.430 e. The van der Waals surface area contributed by atoms with Crippen LogP contribution in [0.3, 0.4) is 0 Å². The molecule has 568 valence electrons. The fourth-order valence-corrected chi connectivity index (χ4v) is 10.0. The van der Waals surface area contributed by atoms with Crippen LogP contribution in [0, 0.1) is 0 Å². The van der Waals surface area contributed by atoms with Gasteiger partial charge in [0.1, 0.15) is 11.5 Å². The minimum atomic E-state index is -6.29. The van der Waals surface area contributed by atoms with Crippen LogP contribution in [0.5, 0.6) is 11.5 Å². The van der Waals surface area contributed by atoms with Crippen molar-refractivity contribution in [2.45, 2.75) is 73.3 Å². The zero-order valence-corrected chi connectivity index (χ0v) is 57.3. The van der Waals surface area contributed by atoms with Gasteiger partial charge in [0.2, 0.25) is 0 Å². The van der Waals surface area contributed by atoms with Gasteiger partial charge in [0.05, 0.1) is 0 Å². The Labute approximate surface area is 609 Å². The molecule has 11 aromatic rings. The van der Waals surface area contributed by atoms with Gasteiger partial charge in [0, 0.05) is 16.5 Å². The normalized spacial score (nSPS) is 12.9. The molecule has 2 atom stereocenters. The maximum atomic E-state index is 12.9. The van der Waals surface area contributed by atoms with Gasteiger partial charge >= 0.3 is 37.1 Å². The van der Waals surface area contributed by atoms with Crippen LogP contribution in [-0.4, -0.2) is 67.7 Å². The lowest BCUT2D eigenvalue weighted by Gasteiger charge is -2.34. The molecule has 0 saturated heterocycles. The molecule has 24 heteroatoms. The van der Waals surface area contributed by atoms with E-state index in [0.717, 1.165) is 51.7 Å². The number of phenolic OH excluding ortho intramolecular Hbond substituents is 2. The van der Waals surface area contributed by atoms with E-state index in [9.17, 15) is 105 Å². The average Bonchev–Trinajstić information content (AvgIpc) is 0.742. The van der Waals surface area contributed by atoms with Crippen LogP contribution >= 0.6 is 0 Å². The van der Waals surface area contributed by atoms with E-state index in [2.05, 4.69) is 131 Å². The molecule has 0 saturated carbocycles. The van der Waals surface area contributed by atoms with Crippen LogP contribution in [0.1, 0.15) is 75.0 Å². The minimum Gasteiger partial charge on any atom is -0.508 e. The van der Waals surface area contributed by atoms with Crippen molar-refractivity contribution in [2.24, 2.45) is 0 Å². The van der Waals surface area contributed by atoms with Crippen molar-refractivity contribution < 1.29 is 110 Å². The summed E-state index contributed by atoms with van der Waals surface area (Å²) >= 11 is 0. The summed E-state index contributed by atoms with van der Waals surface area (Å²) < 4.78 is 228. The molecule has 6 N–H and O–H groups in total. The third-order valence-electron chi connectivity index (χ3n) is 16.5. The van der Waals surface area contributed by atoms with Gasteiger partial charge in [-0.2, -0.15) is 79.0 Å². The molecule has 0 amide bonds. The molecule has 0 spiro atoms. The average molecular weight is 1520 g/mol. The van der Waals surface area contributed by atoms with Gasteiger partial charge in [-0.25, -0.2) is 0 Å². The van der Waals surface area contributed by atoms with Crippen LogP contribution in [0.15, 0.2) is 271 Å². The summed E-state index contributed by atoms with van der Waals surface area (Å²) in [6.07, 6.45) is -23.8. The Morgan fingerprint density at radius 1 is 0.250 bits per heavy atom. The topological polar surface area (TPSA) is 121 Å². The Bertz CT molecular complexity index is 4900. The van der Waals surface area contributed by atoms with Crippen molar-refractivity contribution in [3.8, 4) is 11.5 Å². The van der Waals surface area contributed by atoms with E-state index >= 15 is 0 Å². The summed E-state index contributed by atoms with van der Waals surface area (Å²) in [5.41, 5.74) is -16.9. The minimum absolute atomic E-state index is 0.0411. The van der Waals surface area contributed by atoms with Gasteiger partial charge in [-0.3, -0.25) is 0 Å². The number of hydrogen-bond acceptors (Lipinski definition) is 6. The van der Waals surface area contributed by atoms with Gasteiger partial charge in [-0.05, 0) is 156 Å². The van der Waals surface area contributed by atoms with Crippen LogP contribution in [0.4, 0.5) is 79.0 Å². The number of aromatic hydroxyl groups is 2. The predicted octanol–water partition coefficient (Wildman–Crippen LogP) is 24.5. The Morgan fingerprint density at radius 3 is 1.10 bits per heavy atom. The number of benzene rings is 11. The maximum Gasteiger partial charge on any atom is 0.430 e. The first kappa shape index (κ1) is 87.5. The molecule has 11 rings (SSSR count). The molecule has 0 aliphatic rings. The molecule has 0 aromatic heterocycles. The lowest BCUT2D eigenvalue weighted by molar-refractivity contribution is -0.376. The van der Waals surface area contributed by atoms with Gasteiger partial charge in [0.25, 0.3) is 11.2 Å². The first-order valence-corrected chi connectivity index (χ1v) is 31.6. The zero-order valence-electron chi connectivity index (χ0n) is 57.3. The van der Waals surface area contributed by atoms with E-state index in [-0.39, 0.29) is 30.2 Å². The van der Waals surface area contributed by atoms with Gasteiger partial charge in [-0.1, -0.05) is 258 Å². The monoisotopic (exact) mass is 1520 g/mol. The van der Waals surface area contributed by atoms with Crippen molar-refractivity contribution in [2.75, 3.05) is 0 Å². The Hall–Kier alpha value is -11.2. The number of hydrogen-bond donors (Lipinski definition) is 6. The molecular formula is C84H70F18O6. The molecular weight excluding hydrogens is 1450 g/mol. The van der Waals surface area contributed by atoms with Crippen molar-refractivity contribution in [3.63, 3.8) is 0 Å². The highest BCUT2D eigenvalue weighted by molar-refractivity contribution is 5.94. The number of phenols is 2. The fourth-order valence-electron chi connectivity index (χ4n) is 10.0. The van der Waals surface area contributed by atoms with Gasteiger partial charge in [-0.15, -0.1) is 0 Å². The lowest BCUT2D eigenvalue weighted by Crippen LogP contribution is -2.54. The number of fused-ring (bicyclic) bond motifs is 4. The third kappa shape index (κ3) is 20.9. The second kappa shape index (κ2) is 35.5. The van der Waals surface area contributed by atoms with E-state index < -0.39 is 81.7 Å². The molecule has 0 radical (unpaired) electrons. The number of rotatable bonds is 11. The number of halogens is 18. The molecule has 0 aliphatic carbocycles. The summed E-state index contributed by atoms with van der Waals surface area (Å²) in [5.74, 6) is 0.625. The number of alkyl halides is 18. The first-order chi connectivity index (χ1) is 50.1. The van der Waals surface area contributed by atoms with E-state index in [0.29, 0.717) is 41.3 Å². The highest BCUT2D eigenvalue weighted by atomic mass is 19.4. The summed E-state index contributed by atoms with van der Waals surface area (Å²) in [7, 11) is 0. The van der Waals surface area contributed by atoms with Crippen molar-refractivity contribution in [3.05, 3.63) is 332 Å². The van der Waals surface area contributed by atoms with Gasteiger partial charge in [0.15, 0.2) is 11.2 Å². The highest BCUT2D eigenvalue weighted by Crippen LogP contribution is 2.53. The highest BCUT2D eigenvalue weighted by Gasteiger charge is 2.72. The summed E-state index contributed by atoms with van der Waals surface area (Å²) in [6, 6.07) is 61.2. The third-order valence-corrected chi connectivity index (χ3v) is 16.5. The maximum absolute atomic E-state index is 12.9. The molecule has 11 aromatic carbocycles. The standard InChI is InChI=1S/C14H11F9O2.2C12H10O.2C12H10.C11H8F6O.C11H11F3O/c1-3-7-4-8(10(2,24)12(15,16)17)6-9(5-7)11(25,13(18,19)20)14(21,22)23;1-2-9-5-3-7-11-10(9)6-4-8-12(11)13;1-2-9-3-4-11-8-12(13)6-5-10(11)7-9;1-2-10-7-5-8-11-6-3-4-9-12(10)11;1-2-10-7-8-11-5-3-4-6-12(11)9-10;1-2-7-4-3-5-8(6-7)9(18,10(12,13)14)11(15,16)17;1-3-8-4-6-9(7-5-8)10(2,15)11(12,13)14/h3-6,24-25H,1H2,2H3;2*2-8,13H,1H2;2*2-9H,1H2;2-6,18H,1H2;3-7,15H,1H2,2H3. The molecule has 0 fully saturated rings.